The molecule has 5 nitrogen and oxygen atoms in total. The van der Waals surface area contributed by atoms with Gasteiger partial charge in [0, 0.05) is 19.0 Å². The fraction of sp³-hybridized carbons (Fsp3) is 0.292. The maximum atomic E-state index is 13.2. The van der Waals surface area contributed by atoms with E-state index in [2.05, 4.69) is 5.32 Å². The minimum Gasteiger partial charge on any atom is -0.345 e. The summed E-state index contributed by atoms with van der Waals surface area (Å²) in [6.07, 6.45) is 1.04. The van der Waals surface area contributed by atoms with E-state index in [4.69, 9.17) is 0 Å². The molecule has 1 aliphatic rings. The fourth-order valence-corrected chi connectivity index (χ4v) is 6.67. The molecule has 3 aromatic rings. The van der Waals surface area contributed by atoms with Gasteiger partial charge in [-0.15, -0.1) is 11.3 Å². The molecule has 1 aliphatic heterocycles. The summed E-state index contributed by atoms with van der Waals surface area (Å²) in [5.74, 6) is -0.227. The SMILES string of the molecule is Cc1ccccc1[C@@H](NC(=O)C1CCN(S(=O)(=O)c2cccs2)CC1)c1ccccc1. The summed E-state index contributed by atoms with van der Waals surface area (Å²) in [4.78, 5) is 13.2. The predicted octanol–water partition coefficient (Wildman–Crippen LogP) is 4.36. The molecule has 0 unspecified atom stereocenters. The van der Waals surface area contributed by atoms with E-state index >= 15 is 0 Å². The molecule has 31 heavy (non-hydrogen) atoms. The first-order chi connectivity index (χ1) is 15.0. The highest BCUT2D eigenvalue weighted by Crippen LogP contribution is 2.29. The number of benzene rings is 2. The van der Waals surface area contributed by atoms with Crippen LogP contribution in [0.2, 0.25) is 0 Å². The van der Waals surface area contributed by atoms with Crippen LogP contribution in [0, 0.1) is 12.8 Å². The van der Waals surface area contributed by atoms with E-state index in [1.807, 2.05) is 61.5 Å². The number of carbonyl (C=O) groups excluding carboxylic acids is 1. The quantitative estimate of drug-likeness (QED) is 0.602. The second kappa shape index (κ2) is 9.34. The molecule has 2 heterocycles. The molecule has 0 spiro atoms. The number of piperidine rings is 1. The van der Waals surface area contributed by atoms with Gasteiger partial charge in [0.05, 0.1) is 6.04 Å². The topological polar surface area (TPSA) is 66.5 Å². The molecule has 1 atom stereocenters. The summed E-state index contributed by atoms with van der Waals surface area (Å²) in [6, 6.07) is 21.2. The van der Waals surface area contributed by atoms with Crippen molar-refractivity contribution in [3.05, 3.63) is 88.8 Å². The van der Waals surface area contributed by atoms with Crippen LogP contribution in [-0.2, 0) is 14.8 Å². The minimum absolute atomic E-state index is 0.0229. The molecule has 162 valence electrons. The number of sulfonamides is 1. The molecule has 1 amide bonds. The Morgan fingerprint density at radius 2 is 1.68 bits per heavy atom. The molecular formula is C24H26N2O3S2. The van der Waals surface area contributed by atoms with Crippen molar-refractivity contribution >= 4 is 27.3 Å². The normalized spacial score (nSPS) is 16.7. The third kappa shape index (κ3) is 4.74. The average Bonchev–Trinajstić information content (AvgIpc) is 3.35. The standard InChI is InChI=1S/C24H26N2O3S2/c1-18-8-5-6-11-21(18)23(19-9-3-2-4-10-19)25-24(27)20-13-15-26(16-14-20)31(28,29)22-12-7-17-30-22/h2-12,17,20,23H,13-16H2,1H3,(H,25,27)/t23-/m0/s1. The third-order valence-corrected chi connectivity index (χ3v) is 9.10. The molecular weight excluding hydrogens is 428 g/mol. The smallest absolute Gasteiger partial charge is 0.252 e. The first kappa shape index (κ1) is 21.7. The van der Waals surface area contributed by atoms with Gasteiger partial charge in [0.1, 0.15) is 4.21 Å². The Kier molecular flexibility index (Phi) is 6.55. The Balaban J connectivity index is 1.47. The first-order valence-corrected chi connectivity index (χ1v) is 12.7. The number of carbonyl (C=O) groups is 1. The van der Waals surface area contributed by atoms with Crippen molar-refractivity contribution < 1.29 is 13.2 Å². The molecule has 2 aromatic carbocycles. The van der Waals surface area contributed by atoms with Gasteiger partial charge in [0.25, 0.3) is 10.0 Å². The van der Waals surface area contributed by atoms with E-state index in [1.165, 1.54) is 15.6 Å². The summed E-state index contributed by atoms with van der Waals surface area (Å²) in [5, 5.41) is 5.00. The first-order valence-electron chi connectivity index (χ1n) is 10.4. The zero-order valence-corrected chi connectivity index (χ0v) is 19.0. The lowest BCUT2D eigenvalue weighted by Crippen LogP contribution is -2.43. The van der Waals surface area contributed by atoms with Crippen LogP contribution in [0.1, 0.15) is 35.6 Å². The molecule has 7 heteroatoms. The molecule has 0 bridgehead atoms. The van der Waals surface area contributed by atoms with E-state index < -0.39 is 10.0 Å². The highest BCUT2D eigenvalue weighted by Gasteiger charge is 2.33. The Labute approximate surface area is 187 Å². The van der Waals surface area contributed by atoms with Crippen molar-refractivity contribution in [2.45, 2.75) is 30.0 Å². The number of hydrogen-bond donors (Lipinski definition) is 1. The molecule has 1 aromatic heterocycles. The summed E-state index contributed by atoms with van der Waals surface area (Å²) in [7, 11) is -3.46. The number of aryl methyl sites for hydroxylation is 1. The number of nitrogens with one attached hydrogen (secondary N) is 1. The predicted molar refractivity (Wildman–Crippen MR) is 123 cm³/mol. The van der Waals surface area contributed by atoms with Gasteiger partial charge in [-0.25, -0.2) is 8.42 Å². The van der Waals surface area contributed by atoms with Crippen LogP contribution in [0.3, 0.4) is 0 Å². The van der Waals surface area contributed by atoms with E-state index in [0.29, 0.717) is 30.1 Å². The van der Waals surface area contributed by atoms with Gasteiger partial charge in [-0.2, -0.15) is 4.31 Å². The summed E-state index contributed by atoms with van der Waals surface area (Å²) >= 11 is 1.23. The summed E-state index contributed by atoms with van der Waals surface area (Å²) in [5.41, 5.74) is 3.22. The van der Waals surface area contributed by atoms with Gasteiger partial charge < -0.3 is 5.32 Å². The van der Waals surface area contributed by atoms with Crippen molar-refractivity contribution in [1.29, 1.82) is 0 Å². The van der Waals surface area contributed by atoms with Gasteiger partial charge in [-0.3, -0.25) is 4.79 Å². The Morgan fingerprint density at radius 3 is 2.32 bits per heavy atom. The van der Waals surface area contributed by atoms with Crippen LogP contribution in [0.5, 0.6) is 0 Å². The van der Waals surface area contributed by atoms with Crippen molar-refractivity contribution in [2.24, 2.45) is 5.92 Å². The fourth-order valence-electron chi connectivity index (χ4n) is 4.05. The molecule has 0 aliphatic carbocycles. The highest BCUT2D eigenvalue weighted by atomic mass is 32.2. The van der Waals surface area contributed by atoms with Crippen molar-refractivity contribution in [2.75, 3.05) is 13.1 Å². The number of nitrogens with zero attached hydrogens (tertiary/aromatic N) is 1. The van der Waals surface area contributed by atoms with Crippen molar-refractivity contribution in [3.8, 4) is 0 Å². The Bertz CT molecular complexity index is 1120. The average molecular weight is 455 g/mol. The zero-order chi connectivity index (χ0) is 21.8. The van der Waals surface area contributed by atoms with E-state index in [0.717, 1.165) is 16.7 Å². The van der Waals surface area contributed by atoms with Crippen LogP contribution < -0.4 is 5.32 Å². The van der Waals surface area contributed by atoms with Gasteiger partial charge >= 0.3 is 0 Å². The van der Waals surface area contributed by atoms with E-state index in [-0.39, 0.29) is 17.9 Å². The van der Waals surface area contributed by atoms with Gasteiger partial charge in [0.2, 0.25) is 5.91 Å². The molecule has 1 fully saturated rings. The largest absolute Gasteiger partial charge is 0.345 e. The summed E-state index contributed by atoms with van der Waals surface area (Å²) < 4.78 is 27.4. The Hall–Kier alpha value is -2.48. The second-order valence-corrected chi connectivity index (χ2v) is 10.9. The maximum Gasteiger partial charge on any atom is 0.252 e. The van der Waals surface area contributed by atoms with Crippen LogP contribution in [-0.4, -0.2) is 31.7 Å². The number of rotatable bonds is 6. The van der Waals surface area contributed by atoms with Gasteiger partial charge in [-0.1, -0.05) is 60.7 Å². The monoisotopic (exact) mass is 454 g/mol. The summed E-state index contributed by atoms with van der Waals surface area (Å²) in [6.45, 7) is 2.77. The van der Waals surface area contributed by atoms with Crippen LogP contribution >= 0.6 is 11.3 Å². The van der Waals surface area contributed by atoms with Crippen molar-refractivity contribution in [1.82, 2.24) is 9.62 Å². The van der Waals surface area contributed by atoms with Gasteiger partial charge in [-0.05, 0) is 47.9 Å². The lowest BCUT2D eigenvalue weighted by atomic mass is 9.92. The molecule has 1 saturated heterocycles. The van der Waals surface area contributed by atoms with Crippen LogP contribution in [0.25, 0.3) is 0 Å². The molecule has 0 saturated carbocycles. The lowest BCUT2D eigenvalue weighted by molar-refractivity contribution is -0.126. The van der Waals surface area contributed by atoms with E-state index in [1.54, 1.807) is 17.5 Å². The Morgan fingerprint density at radius 1 is 1.00 bits per heavy atom. The van der Waals surface area contributed by atoms with Crippen LogP contribution in [0.4, 0.5) is 0 Å². The molecule has 1 N–H and O–H groups in total. The number of thiophene rings is 1. The van der Waals surface area contributed by atoms with E-state index in [9.17, 15) is 13.2 Å². The van der Waals surface area contributed by atoms with Crippen molar-refractivity contribution in [3.63, 3.8) is 0 Å². The molecule has 0 radical (unpaired) electrons. The zero-order valence-electron chi connectivity index (χ0n) is 17.4. The number of hydrogen-bond acceptors (Lipinski definition) is 4. The second-order valence-electron chi connectivity index (χ2n) is 7.82. The number of amides is 1. The highest BCUT2D eigenvalue weighted by molar-refractivity contribution is 7.91. The maximum absolute atomic E-state index is 13.2. The minimum atomic E-state index is -3.46. The molecule has 4 rings (SSSR count). The lowest BCUT2D eigenvalue weighted by Gasteiger charge is -2.31. The third-order valence-electron chi connectivity index (χ3n) is 5.83. The van der Waals surface area contributed by atoms with Crippen LogP contribution in [0.15, 0.2) is 76.3 Å². The van der Waals surface area contributed by atoms with Gasteiger partial charge in [0.15, 0.2) is 0 Å².